The molecular formula is C28H32N6O3S. The molecule has 2 aromatic rings. The zero-order valence-electron chi connectivity index (χ0n) is 21.3. The van der Waals surface area contributed by atoms with Gasteiger partial charge in [0.25, 0.3) is 5.91 Å². The number of anilines is 1. The molecule has 0 saturated carbocycles. The summed E-state index contributed by atoms with van der Waals surface area (Å²) < 4.78 is 0. The minimum Gasteiger partial charge on any atom is -0.347 e. The monoisotopic (exact) mass is 532 g/mol. The van der Waals surface area contributed by atoms with Crippen LogP contribution in [0.1, 0.15) is 12.8 Å². The van der Waals surface area contributed by atoms with Crippen LogP contribution >= 0.6 is 11.8 Å². The molecule has 198 valence electrons. The summed E-state index contributed by atoms with van der Waals surface area (Å²) in [6, 6.07) is 17.9. The highest BCUT2D eigenvalue weighted by Crippen LogP contribution is 2.48. The number of hydrogen-bond donors (Lipinski definition) is 4. The van der Waals surface area contributed by atoms with Crippen molar-refractivity contribution in [2.45, 2.75) is 30.3 Å². The second-order valence-electron chi connectivity index (χ2n) is 10.2. The lowest BCUT2D eigenvalue weighted by molar-refractivity contribution is -0.129. The van der Waals surface area contributed by atoms with E-state index in [0.717, 1.165) is 41.9 Å². The molecule has 3 unspecified atom stereocenters. The summed E-state index contributed by atoms with van der Waals surface area (Å²) in [6.07, 6.45) is 1.52. The predicted octanol–water partition coefficient (Wildman–Crippen LogP) is 2.08. The number of carbonyl (C=O) groups excluding carboxylic acids is 3. The van der Waals surface area contributed by atoms with Crippen molar-refractivity contribution in [3.63, 3.8) is 0 Å². The summed E-state index contributed by atoms with van der Waals surface area (Å²) in [6.45, 7) is 2.20. The summed E-state index contributed by atoms with van der Waals surface area (Å²) >= 11 is 1.50. The van der Waals surface area contributed by atoms with Gasteiger partial charge in [-0.15, -0.1) is 0 Å². The Balaban J connectivity index is 1.22. The van der Waals surface area contributed by atoms with Crippen LogP contribution in [0.4, 0.5) is 10.5 Å². The fourth-order valence-electron chi connectivity index (χ4n) is 6.01. The lowest BCUT2D eigenvalue weighted by Gasteiger charge is -2.45. The van der Waals surface area contributed by atoms with Crippen LogP contribution in [-0.4, -0.2) is 73.4 Å². The van der Waals surface area contributed by atoms with Crippen LogP contribution in [-0.2, 0) is 9.59 Å². The van der Waals surface area contributed by atoms with Gasteiger partial charge in [-0.2, -0.15) is 0 Å². The average molecular weight is 533 g/mol. The van der Waals surface area contributed by atoms with Crippen LogP contribution < -0.4 is 26.2 Å². The first-order valence-electron chi connectivity index (χ1n) is 13.2. The quantitative estimate of drug-likeness (QED) is 0.454. The van der Waals surface area contributed by atoms with Gasteiger partial charge in [0.1, 0.15) is 0 Å². The van der Waals surface area contributed by atoms with E-state index < -0.39 is 0 Å². The fraction of sp³-hybridized carbons (Fsp3) is 0.393. The number of amides is 4. The lowest BCUT2D eigenvalue weighted by Crippen LogP contribution is -2.62. The van der Waals surface area contributed by atoms with Gasteiger partial charge < -0.3 is 26.2 Å². The van der Waals surface area contributed by atoms with E-state index in [1.807, 2.05) is 35.2 Å². The van der Waals surface area contributed by atoms with Gasteiger partial charge >= 0.3 is 6.03 Å². The topological polar surface area (TPSA) is 106 Å². The molecule has 4 aliphatic rings. The maximum Gasteiger partial charge on any atom is 0.326 e. The Kier molecular flexibility index (Phi) is 6.86. The minimum absolute atomic E-state index is 0.00938. The van der Waals surface area contributed by atoms with Gasteiger partial charge in [-0.1, -0.05) is 54.2 Å². The van der Waals surface area contributed by atoms with Crippen LogP contribution in [0.5, 0.6) is 0 Å². The zero-order chi connectivity index (χ0) is 26.2. The maximum atomic E-state index is 13.5. The van der Waals surface area contributed by atoms with Gasteiger partial charge in [0.2, 0.25) is 5.91 Å². The SMILES string of the molecule is CNCC(=O)N1CC[C@@H](NC(=O)C2=C3NC(=O)N(c4cccc(-c5ccccc5)c4)C4CCNC(S2)C34)C1. The van der Waals surface area contributed by atoms with Gasteiger partial charge in [-0.3, -0.25) is 14.5 Å². The Morgan fingerprint density at radius 1 is 1.08 bits per heavy atom. The number of nitrogens with zero attached hydrogens (tertiary/aromatic N) is 2. The van der Waals surface area contributed by atoms with E-state index in [0.29, 0.717) is 24.5 Å². The third-order valence-electron chi connectivity index (χ3n) is 7.78. The summed E-state index contributed by atoms with van der Waals surface area (Å²) in [4.78, 5) is 43.4. The Hall–Kier alpha value is -3.34. The Labute approximate surface area is 226 Å². The highest BCUT2D eigenvalue weighted by molar-refractivity contribution is 8.04. The summed E-state index contributed by atoms with van der Waals surface area (Å²) in [5.74, 6) is -0.145. The Morgan fingerprint density at radius 2 is 1.89 bits per heavy atom. The fourth-order valence-corrected chi connectivity index (χ4v) is 7.41. The molecule has 0 aromatic heterocycles. The van der Waals surface area contributed by atoms with E-state index in [9.17, 15) is 14.4 Å². The third-order valence-corrected chi connectivity index (χ3v) is 9.14. The largest absolute Gasteiger partial charge is 0.347 e. The first-order chi connectivity index (χ1) is 18.5. The second kappa shape index (κ2) is 10.4. The average Bonchev–Trinajstić information content (AvgIpc) is 3.55. The van der Waals surface area contributed by atoms with Gasteiger partial charge in [0, 0.05) is 36.4 Å². The van der Waals surface area contributed by atoms with E-state index in [1.54, 1.807) is 11.9 Å². The van der Waals surface area contributed by atoms with E-state index in [1.165, 1.54) is 11.8 Å². The van der Waals surface area contributed by atoms with Gasteiger partial charge in [0.15, 0.2) is 0 Å². The smallest absolute Gasteiger partial charge is 0.326 e. The molecule has 3 saturated heterocycles. The molecule has 6 rings (SSSR count). The molecule has 4 aliphatic heterocycles. The third kappa shape index (κ3) is 4.57. The van der Waals surface area contributed by atoms with Crippen molar-refractivity contribution in [1.29, 1.82) is 0 Å². The molecule has 3 fully saturated rings. The van der Waals surface area contributed by atoms with E-state index in [-0.39, 0.29) is 41.2 Å². The van der Waals surface area contributed by atoms with Crippen LogP contribution in [0, 0.1) is 5.92 Å². The number of benzene rings is 2. The number of hydrogen-bond acceptors (Lipinski definition) is 6. The summed E-state index contributed by atoms with van der Waals surface area (Å²) in [5.41, 5.74) is 3.73. The van der Waals surface area contributed by atoms with Crippen molar-refractivity contribution in [2.24, 2.45) is 5.92 Å². The Bertz CT molecular complexity index is 1280. The second-order valence-corrected chi connectivity index (χ2v) is 11.3. The molecule has 0 aliphatic carbocycles. The summed E-state index contributed by atoms with van der Waals surface area (Å²) in [7, 11) is 1.75. The standard InChI is InChI=1S/C28H32N6O3S/c1-29-15-22(35)33-13-11-19(16-33)31-26(36)25-24-23-21(10-12-30-27(23)38-25)34(28(37)32-24)20-9-5-8-18(14-20)17-6-3-2-4-7-17/h2-9,14,19,21,23,27,29-30H,10-13,15-16H2,1H3,(H,31,36)(H,32,37)/t19-,21?,23?,27?/m1/s1. The van der Waals surface area contributed by atoms with Crippen molar-refractivity contribution in [3.8, 4) is 11.1 Å². The van der Waals surface area contributed by atoms with E-state index in [4.69, 9.17) is 0 Å². The lowest BCUT2D eigenvalue weighted by atomic mass is 9.86. The number of thioether (sulfide) groups is 1. The zero-order valence-corrected chi connectivity index (χ0v) is 22.1. The summed E-state index contributed by atoms with van der Waals surface area (Å²) in [5, 5.41) is 12.7. The molecule has 4 amide bonds. The number of piperidine rings is 1. The van der Waals surface area contributed by atoms with Gasteiger partial charge in [-0.05, 0) is 49.7 Å². The van der Waals surface area contributed by atoms with Gasteiger partial charge in [0.05, 0.1) is 22.9 Å². The highest BCUT2D eigenvalue weighted by Gasteiger charge is 2.51. The number of nitrogens with one attached hydrogen (secondary N) is 4. The van der Waals surface area contributed by atoms with Crippen LogP contribution in [0.3, 0.4) is 0 Å². The molecule has 4 N–H and O–H groups in total. The Morgan fingerprint density at radius 3 is 2.71 bits per heavy atom. The van der Waals surface area contributed by atoms with Crippen LogP contribution in [0.25, 0.3) is 11.1 Å². The van der Waals surface area contributed by atoms with Crippen molar-refractivity contribution < 1.29 is 14.4 Å². The molecular weight excluding hydrogens is 500 g/mol. The highest BCUT2D eigenvalue weighted by atomic mass is 32.2. The number of urea groups is 1. The van der Waals surface area contributed by atoms with Crippen molar-refractivity contribution in [1.82, 2.24) is 26.2 Å². The van der Waals surface area contributed by atoms with Gasteiger partial charge in [-0.25, -0.2) is 4.79 Å². The molecule has 0 radical (unpaired) electrons. The molecule has 0 spiro atoms. The number of carbonyl (C=O) groups is 3. The van der Waals surface area contributed by atoms with E-state index in [2.05, 4.69) is 45.5 Å². The van der Waals surface area contributed by atoms with Crippen LogP contribution in [0.2, 0.25) is 0 Å². The molecule has 4 atom stereocenters. The number of likely N-dealkylation sites (tertiary alicyclic amines) is 1. The molecule has 38 heavy (non-hydrogen) atoms. The molecule has 0 bridgehead atoms. The van der Waals surface area contributed by atoms with Crippen molar-refractivity contribution in [3.05, 3.63) is 65.2 Å². The predicted molar refractivity (Wildman–Crippen MR) is 148 cm³/mol. The first-order valence-corrected chi connectivity index (χ1v) is 14.0. The maximum absolute atomic E-state index is 13.5. The first kappa shape index (κ1) is 25.0. The number of likely N-dealkylation sites (N-methyl/N-ethyl adjacent to an activating group) is 1. The molecule has 2 aromatic carbocycles. The van der Waals surface area contributed by atoms with Crippen molar-refractivity contribution in [2.75, 3.05) is 38.1 Å². The normalized spacial score (nSPS) is 26.3. The van der Waals surface area contributed by atoms with Crippen molar-refractivity contribution >= 4 is 35.3 Å². The minimum atomic E-state index is -0.204. The molecule has 9 nitrogen and oxygen atoms in total. The van der Waals surface area contributed by atoms with Crippen LogP contribution in [0.15, 0.2) is 65.2 Å². The number of rotatable bonds is 6. The molecule has 10 heteroatoms. The van der Waals surface area contributed by atoms with E-state index >= 15 is 0 Å². The molecule has 4 heterocycles.